The Kier molecular flexibility index (Phi) is 5.69. The molecule has 1 aliphatic heterocycles. The molecule has 27 heavy (non-hydrogen) atoms. The molecular weight excluding hydrogens is 414 g/mol. The fourth-order valence-electron chi connectivity index (χ4n) is 3.24. The van der Waals surface area contributed by atoms with Gasteiger partial charge in [-0.1, -0.05) is 0 Å². The quantitative estimate of drug-likeness (QED) is 0.419. The van der Waals surface area contributed by atoms with Gasteiger partial charge in [-0.25, -0.2) is 14.8 Å². The topological polar surface area (TPSA) is 95.9 Å². The van der Waals surface area contributed by atoms with E-state index in [2.05, 4.69) is 43.5 Å². The van der Waals surface area contributed by atoms with E-state index < -0.39 is 11.6 Å². The average molecular weight is 438 g/mol. The fourth-order valence-corrected chi connectivity index (χ4v) is 3.64. The highest BCUT2D eigenvalue weighted by atomic mass is 79.9. The van der Waals surface area contributed by atoms with Crippen LogP contribution in [0.3, 0.4) is 0 Å². The summed E-state index contributed by atoms with van der Waals surface area (Å²) in [5.41, 5.74) is 0.785. The van der Waals surface area contributed by atoms with Crippen molar-refractivity contribution in [1.82, 2.24) is 20.5 Å². The Morgan fingerprint density at radius 1 is 1.44 bits per heavy atom. The van der Waals surface area contributed by atoms with Gasteiger partial charge in [-0.05, 0) is 61.5 Å². The summed E-state index contributed by atoms with van der Waals surface area (Å²) in [6.45, 7) is 4.82. The maximum Gasteiger partial charge on any atom is 0.322 e. The molecule has 2 aliphatic rings. The van der Waals surface area contributed by atoms with Crippen LogP contribution < -0.4 is 15.4 Å². The third kappa shape index (κ3) is 4.23. The third-order valence-electron chi connectivity index (χ3n) is 5.08. The molecule has 0 radical (unpaired) electrons. The number of carbonyl (C=O) groups excluding carboxylic acids is 2. The monoisotopic (exact) mass is 437 g/mol. The predicted molar refractivity (Wildman–Crippen MR) is 105 cm³/mol. The average Bonchev–Trinajstić information content (AvgIpc) is 2.91. The Morgan fingerprint density at radius 2 is 2.15 bits per heavy atom. The lowest BCUT2D eigenvalue weighted by molar-refractivity contribution is -0.125. The van der Waals surface area contributed by atoms with Crippen molar-refractivity contribution in [1.29, 1.82) is 0 Å². The van der Waals surface area contributed by atoms with Crippen molar-refractivity contribution in [3.8, 4) is 5.88 Å². The molecule has 1 aromatic rings. The SMILES string of the molecule is CCN(C)C=Nc1cc(Br)c(OC2CCC3(CC2)NC(=O)NC3=O)nc1C. The maximum absolute atomic E-state index is 12.0. The molecule has 146 valence electrons. The smallest absolute Gasteiger partial charge is 0.322 e. The zero-order valence-corrected chi connectivity index (χ0v) is 17.3. The molecule has 1 saturated carbocycles. The lowest BCUT2D eigenvalue weighted by Gasteiger charge is -2.34. The van der Waals surface area contributed by atoms with E-state index in [0.717, 1.165) is 22.4 Å². The van der Waals surface area contributed by atoms with Gasteiger partial charge in [-0.3, -0.25) is 10.1 Å². The van der Waals surface area contributed by atoms with Crippen LogP contribution >= 0.6 is 15.9 Å². The van der Waals surface area contributed by atoms with E-state index in [4.69, 9.17) is 4.74 Å². The molecule has 0 aromatic carbocycles. The van der Waals surface area contributed by atoms with E-state index in [-0.39, 0.29) is 12.0 Å². The lowest BCUT2D eigenvalue weighted by atomic mass is 9.80. The van der Waals surface area contributed by atoms with Gasteiger partial charge >= 0.3 is 6.03 Å². The largest absolute Gasteiger partial charge is 0.474 e. The first-order chi connectivity index (χ1) is 12.8. The summed E-state index contributed by atoms with van der Waals surface area (Å²) in [5.74, 6) is 0.288. The number of urea groups is 1. The van der Waals surface area contributed by atoms with Crippen molar-refractivity contribution in [2.24, 2.45) is 4.99 Å². The highest BCUT2D eigenvalue weighted by Crippen LogP contribution is 2.35. The van der Waals surface area contributed by atoms with E-state index in [1.165, 1.54) is 0 Å². The number of amides is 3. The fraction of sp³-hybridized carbons (Fsp3) is 0.556. The molecule has 2 N–H and O–H groups in total. The molecule has 0 bridgehead atoms. The van der Waals surface area contributed by atoms with Gasteiger partial charge in [-0.2, -0.15) is 0 Å². The molecule has 9 heteroatoms. The maximum atomic E-state index is 12.0. The molecular formula is C18H24BrN5O3. The van der Waals surface area contributed by atoms with E-state index in [9.17, 15) is 9.59 Å². The van der Waals surface area contributed by atoms with Crippen LogP contribution in [-0.2, 0) is 4.79 Å². The highest BCUT2D eigenvalue weighted by Gasteiger charge is 2.48. The van der Waals surface area contributed by atoms with Gasteiger partial charge in [0.2, 0.25) is 5.88 Å². The number of hydrogen-bond donors (Lipinski definition) is 2. The van der Waals surface area contributed by atoms with Crippen molar-refractivity contribution in [2.45, 2.75) is 51.2 Å². The van der Waals surface area contributed by atoms with Crippen LogP contribution in [0.25, 0.3) is 0 Å². The zero-order chi connectivity index (χ0) is 19.6. The Labute approximate surface area is 166 Å². The molecule has 2 fully saturated rings. The number of nitrogens with zero attached hydrogens (tertiary/aromatic N) is 3. The van der Waals surface area contributed by atoms with Crippen molar-refractivity contribution in [3.05, 3.63) is 16.2 Å². The molecule has 1 aliphatic carbocycles. The Morgan fingerprint density at radius 3 is 2.74 bits per heavy atom. The van der Waals surface area contributed by atoms with Crippen LogP contribution in [0.5, 0.6) is 5.88 Å². The Bertz CT molecular complexity index is 775. The number of ether oxygens (including phenoxy) is 1. The number of rotatable bonds is 5. The second-order valence-corrected chi connectivity index (χ2v) is 7.86. The summed E-state index contributed by atoms with van der Waals surface area (Å²) >= 11 is 3.51. The first kappa shape index (κ1) is 19.6. The van der Waals surface area contributed by atoms with Gasteiger partial charge in [0.25, 0.3) is 5.91 Å². The number of aromatic nitrogens is 1. The number of nitrogens with one attached hydrogen (secondary N) is 2. The van der Waals surface area contributed by atoms with E-state index in [1.54, 1.807) is 6.34 Å². The van der Waals surface area contributed by atoms with Crippen molar-refractivity contribution in [2.75, 3.05) is 13.6 Å². The van der Waals surface area contributed by atoms with Gasteiger partial charge in [0.15, 0.2) is 0 Å². The number of pyridine rings is 1. The zero-order valence-electron chi connectivity index (χ0n) is 15.7. The number of hydrogen-bond acceptors (Lipinski definition) is 5. The summed E-state index contributed by atoms with van der Waals surface area (Å²) in [5, 5.41) is 5.08. The summed E-state index contributed by atoms with van der Waals surface area (Å²) in [7, 11) is 1.96. The van der Waals surface area contributed by atoms with Gasteiger partial charge in [0.05, 0.1) is 22.2 Å². The second-order valence-electron chi connectivity index (χ2n) is 7.01. The first-order valence-electron chi connectivity index (χ1n) is 9.05. The molecule has 3 rings (SSSR count). The molecule has 3 amide bonds. The van der Waals surface area contributed by atoms with Crippen molar-refractivity contribution >= 4 is 39.9 Å². The summed E-state index contributed by atoms with van der Waals surface area (Å²) in [4.78, 5) is 34.4. The van der Waals surface area contributed by atoms with Crippen LogP contribution in [0.4, 0.5) is 10.5 Å². The lowest BCUT2D eigenvalue weighted by Crippen LogP contribution is -2.50. The summed E-state index contributed by atoms with van der Waals surface area (Å²) in [6.07, 6.45) is 4.17. The molecule has 1 saturated heterocycles. The van der Waals surface area contributed by atoms with Crippen LogP contribution in [-0.4, -0.2) is 53.4 Å². The highest BCUT2D eigenvalue weighted by molar-refractivity contribution is 9.10. The van der Waals surface area contributed by atoms with Gasteiger partial charge in [0, 0.05) is 13.6 Å². The number of carbonyl (C=O) groups is 2. The number of aliphatic imine (C=N–C) groups is 1. The van der Waals surface area contributed by atoms with E-state index in [1.807, 2.05) is 24.9 Å². The number of halogens is 1. The Hall–Kier alpha value is -2.16. The minimum atomic E-state index is -0.776. The number of imide groups is 1. The molecule has 0 unspecified atom stereocenters. The molecule has 1 spiro atoms. The van der Waals surface area contributed by atoms with Gasteiger partial charge < -0.3 is 15.0 Å². The number of aryl methyl sites for hydroxylation is 1. The van der Waals surface area contributed by atoms with Crippen LogP contribution in [0, 0.1) is 6.92 Å². The molecule has 2 heterocycles. The van der Waals surface area contributed by atoms with Crippen LogP contribution in [0.15, 0.2) is 15.5 Å². The molecule has 0 atom stereocenters. The standard InChI is InChI=1S/C18H24BrN5O3/c1-4-24(3)10-20-14-9-13(19)15(21-11(14)2)27-12-5-7-18(8-6-12)16(25)22-17(26)23-18/h9-10,12H,4-8H2,1-3H3,(H2,22,23,25,26). The van der Waals surface area contributed by atoms with Gasteiger partial charge in [-0.15, -0.1) is 0 Å². The third-order valence-corrected chi connectivity index (χ3v) is 5.65. The molecule has 1 aromatic heterocycles. The van der Waals surface area contributed by atoms with Crippen molar-refractivity contribution < 1.29 is 14.3 Å². The summed E-state index contributed by atoms with van der Waals surface area (Å²) < 4.78 is 6.81. The minimum Gasteiger partial charge on any atom is -0.474 e. The van der Waals surface area contributed by atoms with E-state index in [0.29, 0.717) is 31.6 Å². The minimum absolute atomic E-state index is 0.0512. The first-order valence-corrected chi connectivity index (χ1v) is 9.84. The van der Waals surface area contributed by atoms with Crippen molar-refractivity contribution in [3.63, 3.8) is 0 Å². The summed E-state index contributed by atoms with van der Waals surface area (Å²) in [6, 6.07) is 1.48. The molecule has 8 nitrogen and oxygen atoms in total. The van der Waals surface area contributed by atoms with Crippen LogP contribution in [0.1, 0.15) is 38.3 Å². The normalized spacial score (nSPS) is 25.0. The van der Waals surface area contributed by atoms with Gasteiger partial charge in [0.1, 0.15) is 11.6 Å². The van der Waals surface area contributed by atoms with E-state index >= 15 is 0 Å². The Balaban J connectivity index is 1.65. The predicted octanol–water partition coefficient (Wildman–Crippen LogP) is 2.66. The van der Waals surface area contributed by atoms with Crippen LogP contribution in [0.2, 0.25) is 0 Å². The second kappa shape index (κ2) is 7.84.